The fourth-order valence-electron chi connectivity index (χ4n) is 1.05. The molecule has 0 saturated carbocycles. The smallest absolute Gasteiger partial charge is 0.326 e. The zero-order valence-corrected chi connectivity index (χ0v) is 9.10. The summed E-state index contributed by atoms with van der Waals surface area (Å²) in [5.41, 5.74) is 10.2. The van der Waals surface area contributed by atoms with Gasteiger partial charge >= 0.3 is 5.97 Å². The van der Waals surface area contributed by atoms with Crippen LogP contribution in [0.2, 0.25) is 0 Å². The number of rotatable bonds is 7. The summed E-state index contributed by atoms with van der Waals surface area (Å²) in [6.07, 6.45) is -0.295. The summed E-state index contributed by atoms with van der Waals surface area (Å²) in [6, 6.07) is -1.27. The van der Waals surface area contributed by atoms with Crippen molar-refractivity contribution in [2.75, 3.05) is 6.54 Å². The Balaban J connectivity index is 4.24. The zero-order chi connectivity index (χ0) is 12.7. The Morgan fingerprint density at radius 3 is 2.25 bits per heavy atom. The second kappa shape index (κ2) is 6.78. The van der Waals surface area contributed by atoms with Crippen LogP contribution in [0, 0.1) is 5.92 Å². The highest BCUT2D eigenvalue weighted by Gasteiger charge is 2.22. The van der Waals surface area contributed by atoms with Crippen molar-refractivity contribution >= 4 is 17.8 Å². The molecule has 0 saturated heterocycles. The van der Waals surface area contributed by atoms with Gasteiger partial charge in [0.05, 0.1) is 6.42 Å². The van der Waals surface area contributed by atoms with Crippen molar-refractivity contribution < 1.29 is 19.5 Å². The van der Waals surface area contributed by atoms with E-state index in [2.05, 4.69) is 5.32 Å². The molecule has 2 atom stereocenters. The van der Waals surface area contributed by atoms with E-state index in [1.807, 2.05) is 0 Å². The summed E-state index contributed by atoms with van der Waals surface area (Å²) in [6.45, 7) is 2.10. The van der Waals surface area contributed by atoms with E-state index < -0.39 is 30.2 Å². The first-order valence-electron chi connectivity index (χ1n) is 4.87. The Bertz CT molecular complexity index is 280. The predicted molar refractivity (Wildman–Crippen MR) is 56.2 cm³/mol. The van der Waals surface area contributed by atoms with Crippen molar-refractivity contribution in [2.45, 2.75) is 25.8 Å². The van der Waals surface area contributed by atoms with Gasteiger partial charge in [-0.1, -0.05) is 6.92 Å². The molecule has 7 heteroatoms. The van der Waals surface area contributed by atoms with Gasteiger partial charge < -0.3 is 21.9 Å². The number of carboxylic acid groups (broad SMARTS) is 1. The minimum Gasteiger partial charge on any atom is -0.480 e. The molecule has 0 aliphatic heterocycles. The van der Waals surface area contributed by atoms with Crippen molar-refractivity contribution in [1.82, 2.24) is 5.32 Å². The molecular weight excluding hydrogens is 214 g/mol. The first-order chi connectivity index (χ1) is 7.36. The molecule has 0 bridgehead atoms. The molecule has 0 radical (unpaired) electrons. The lowest BCUT2D eigenvalue weighted by molar-refractivity contribution is -0.143. The van der Waals surface area contributed by atoms with Gasteiger partial charge in [0, 0.05) is 6.42 Å². The number of hydrogen-bond donors (Lipinski definition) is 4. The Kier molecular flexibility index (Phi) is 6.09. The van der Waals surface area contributed by atoms with Crippen LogP contribution in [0.25, 0.3) is 0 Å². The van der Waals surface area contributed by atoms with Crippen LogP contribution in [0.3, 0.4) is 0 Å². The second-order valence-corrected chi connectivity index (χ2v) is 3.67. The maximum absolute atomic E-state index is 11.3. The lowest BCUT2D eigenvalue weighted by Gasteiger charge is -2.14. The summed E-state index contributed by atoms with van der Waals surface area (Å²) in [5, 5.41) is 10.9. The van der Waals surface area contributed by atoms with Crippen LogP contribution in [0.1, 0.15) is 19.8 Å². The first kappa shape index (κ1) is 14.4. The molecule has 0 aliphatic carbocycles. The average molecular weight is 231 g/mol. The maximum atomic E-state index is 11.3. The van der Waals surface area contributed by atoms with Crippen LogP contribution >= 0.6 is 0 Å². The molecule has 0 fully saturated rings. The summed E-state index contributed by atoms with van der Waals surface area (Å²) in [5.74, 6) is -2.55. The number of amides is 2. The van der Waals surface area contributed by atoms with Gasteiger partial charge in [0.15, 0.2) is 0 Å². The number of carbonyl (C=O) groups is 3. The van der Waals surface area contributed by atoms with Gasteiger partial charge in [-0.2, -0.15) is 0 Å². The van der Waals surface area contributed by atoms with Gasteiger partial charge in [-0.25, -0.2) is 4.79 Å². The number of aliphatic carboxylic acids is 1. The van der Waals surface area contributed by atoms with Crippen molar-refractivity contribution in [2.24, 2.45) is 17.4 Å². The minimum atomic E-state index is -1.28. The molecule has 0 heterocycles. The minimum absolute atomic E-state index is 0.0389. The van der Waals surface area contributed by atoms with Crippen molar-refractivity contribution in [3.05, 3.63) is 0 Å². The zero-order valence-electron chi connectivity index (χ0n) is 9.10. The van der Waals surface area contributed by atoms with Crippen LogP contribution in [-0.4, -0.2) is 35.5 Å². The highest BCUT2D eigenvalue weighted by molar-refractivity contribution is 5.88. The number of primary amides is 1. The Morgan fingerprint density at radius 2 is 1.88 bits per heavy atom. The van der Waals surface area contributed by atoms with E-state index in [1.54, 1.807) is 6.92 Å². The largest absolute Gasteiger partial charge is 0.480 e. The number of carboxylic acids is 1. The lowest BCUT2D eigenvalue weighted by Crippen LogP contribution is -2.43. The van der Waals surface area contributed by atoms with E-state index in [4.69, 9.17) is 16.6 Å². The fourth-order valence-corrected chi connectivity index (χ4v) is 1.05. The molecule has 0 aromatic carbocycles. The fraction of sp³-hybridized carbons (Fsp3) is 0.667. The second-order valence-electron chi connectivity index (χ2n) is 3.67. The van der Waals surface area contributed by atoms with E-state index >= 15 is 0 Å². The highest BCUT2D eigenvalue weighted by atomic mass is 16.4. The third-order valence-electron chi connectivity index (χ3n) is 1.97. The van der Waals surface area contributed by atoms with Crippen molar-refractivity contribution in [1.29, 1.82) is 0 Å². The van der Waals surface area contributed by atoms with Crippen LogP contribution in [0.15, 0.2) is 0 Å². The lowest BCUT2D eigenvalue weighted by atomic mass is 10.1. The normalized spacial score (nSPS) is 13.9. The van der Waals surface area contributed by atoms with Gasteiger partial charge in [0.1, 0.15) is 6.04 Å². The summed E-state index contributed by atoms with van der Waals surface area (Å²) < 4.78 is 0. The topological polar surface area (TPSA) is 136 Å². The molecule has 7 nitrogen and oxygen atoms in total. The third kappa shape index (κ3) is 5.97. The van der Waals surface area contributed by atoms with Crippen LogP contribution in [0.5, 0.6) is 0 Å². The van der Waals surface area contributed by atoms with Gasteiger partial charge in [-0.3, -0.25) is 9.59 Å². The Labute approximate surface area is 93.2 Å². The summed E-state index contributed by atoms with van der Waals surface area (Å²) in [7, 11) is 0. The molecule has 92 valence electrons. The van der Waals surface area contributed by atoms with E-state index in [0.717, 1.165) is 0 Å². The number of hydrogen-bond acceptors (Lipinski definition) is 4. The molecule has 6 N–H and O–H groups in total. The molecule has 2 unspecified atom stereocenters. The molecule has 0 aromatic heterocycles. The molecule has 0 rings (SSSR count). The third-order valence-corrected chi connectivity index (χ3v) is 1.97. The molecule has 2 amide bonds. The number of nitrogens with one attached hydrogen (secondary N) is 1. The SMILES string of the molecule is CC(CN)CC(=O)NC(CC(N)=O)C(=O)O. The van der Waals surface area contributed by atoms with Crippen LogP contribution in [0.4, 0.5) is 0 Å². The summed E-state index contributed by atoms with van der Waals surface area (Å²) in [4.78, 5) is 32.6. The van der Waals surface area contributed by atoms with E-state index in [1.165, 1.54) is 0 Å². The first-order valence-corrected chi connectivity index (χ1v) is 4.87. The molecule has 0 aliphatic rings. The molecule has 16 heavy (non-hydrogen) atoms. The predicted octanol–water partition coefficient (Wildman–Crippen LogP) is -1.58. The maximum Gasteiger partial charge on any atom is 0.326 e. The van der Waals surface area contributed by atoms with Crippen molar-refractivity contribution in [3.8, 4) is 0 Å². The van der Waals surface area contributed by atoms with E-state index in [-0.39, 0.29) is 12.3 Å². The molecule has 0 aromatic rings. The van der Waals surface area contributed by atoms with Gasteiger partial charge in [-0.05, 0) is 12.5 Å². The quantitative estimate of drug-likeness (QED) is 0.419. The highest BCUT2D eigenvalue weighted by Crippen LogP contribution is 2.00. The standard InChI is InChI=1S/C9H17N3O4/c1-5(4-10)2-8(14)12-6(9(15)16)3-7(11)13/h5-6H,2-4,10H2,1H3,(H2,11,13)(H,12,14)(H,15,16). The van der Waals surface area contributed by atoms with Gasteiger partial charge in [0.2, 0.25) is 11.8 Å². The number of nitrogens with two attached hydrogens (primary N) is 2. The van der Waals surface area contributed by atoms with Gasteiger partial charge in [0.25, 0.3) is 0 Å². The van der Waals surface area contributed by atoms with Crippen LogP contribution < -0.4 is 16.8 Å². The molecular formula is C9H17N3O4. The Morgan fingerprint density at radius 1 is 1.31 bits per heavy atom. The monoisotopic (exact) mass is 231 g/mol. The van der Waals surface area contributed by atoms with E-state index in [0.29, 0.717) is 6.54 Å². The van der Waals surface area contributed by atoms with E-state index in [9.17, 15) is 14.4 Å². The Hall–Kier alpha value is -1.63. The van der Waals surface area contributed by atoms with Gasteiger partial charge in [-0.15, -0.1) is 0 Å². The number of carbonyl (C=O) groups excluding carboxylic acids is 2. The molecule has 0 spiro atoms. The summed E-state index contributed by atoms with van der Waals surface area (Å²) >= 11 is 0. The van der Waals surface area contributed by atoms with Crippen molar-refractivity contribution in [3.63, 3.8) is 0 Å². The van der Waals surface area contributed by atoms with Crippen LogP contribution in [-0.2, 0) is 14.4 Å². The average Bonchev–Trinajstić information content (AvgIpc) is 2.15.